The standard InChI is InChI=1S/C16H25NS/c1-12-7-8-16(13(2)11-12)18-10-9-14-5-4-6-15(14)17-3/h7-8,11,14-15,17H,4-6,9-10H2,1-3H3. The second kappa shape index (κ2) is 6.63. The van der Waals surface area contributed by atoms with Crippen LogP contribution in [0.2, 0.25) is 0 Å². The van der Waals surface area contributed by atoms with Crippen LogP contribution in [0.15, 0.2) is 23.1 Å². The van der Waals surface area contributed by atoms with Gasteiger partial charge in [0.1, 0.15) is 0 Å². The molecule has 100 valence electrons. The number of benzene rings is 1. The molecule has 0 aromatic heterocycles. The van der Waals surface area contributed by atoms with Crippen LogP contribution in [0, 0.1) is 19.8 Å². The molecule has 1 aliphatic carbocycles. The van der Waals surface area contributed by atoms with Gasteiger partial charge in [-0.1, -0.05) is 24.1 Å². The maximum atomic E-state index is 3.47. The zero-order valence-corrected chi connectivity index (χ0v) is 12.6. The fraction of sp³-hybridized carbons (Fsp3) is 0.625. The first kappa shape index (κ1) is 14.0. The summed E-state index contributed by atoms with van der Waals surface area (Å²) in [6.07, 6.45) is 5.54. The van der Waals surface area contributed by atoms with Crippen molar-refractivity contribution < 1.29 is 0 Å². The van der Waals surface area contributed by atoms with E-state index in [1.165, 1.54) is 47.5 Å². The molecule has 1 nitrogen and oxygen atoms in total. The summed E-state index contributed by atoms with van der Waals surface area (Å²) < 4.78 is 0. The molecule has 2 unspecified atom stereocenters. The van der Waals surface area contributed by atoms with Gasteiger partial charge in [0, 0.05) is 10.9 Å². The van der Waals surface area contributed by atoms with E-state index >= 15 is 0 Å². The van der Waals surface area contributed by atoms with E-state index in [0.29, 0.717) is 0 Å². The second-order valence-corrected chi connectivity index (χ2v) is 6.63. The molecule has 1 saturated carbocycles. The maximum absolute atomic E-state index is 3.47. The molecule has 0 radical (unpaired) electrons. The molecule has 0 spiro atoms. The summed E-state index contributed by atoms with van der Waals surface area (Å²) in [5.41, 5.74) is 2.79. The van der Waals surface area contributed by atoms with Crippen LogP contribution < -0.4 is 5.32 Å². The first-order chi connectivity index (χ1) is 8.70. The van der Waals surface area contributed by atoms with Gasteiger partial charge in [0.15, 0.2) is 0 Å². The highest BCUT2D eigenvalue weighted by Crippen LogP contribution is 2.31. The van der Waals surface area contributed by atoms with Gasteiger partial charge in [-0.15, -0.1) is 11.8 Å². The Hall–Kier alpha value is -0.470. The Balaban J connectivity index is 1.81. The zero-order valence-electron chi connectivity index (χ0n) is 11.8. The Labute approximate surface area is 116 Å². The molecule has 0 bridgehead atoms. The van der Waals surface area contributed by atoms with Crippen molar-refractivity contribution in [3.8, 4) is 0 Å². The molecule has 2 heteroatoms. The molecule has 2 atom stereocenters. The minimum Gasteiger partial charge on any atom is -0.317 e. The lowest BCUT2D eigenvalue weighted by atomic mass is 10.0. The summed E-state index contributed by atoms with van der Waals surface area (Å²) >= 11 is 2.03. The van der Waals surface area contributed by atoms with Gasteiger partial charge in [-0.05, 0) is 63.5 Å². The quantitative estimate of drug-likeness (QED) is 0.800. The number of nitrogens with one attached hydrogen (secondary N) is 1. The first-order valence-corrected chi connectivity index (χ1v) is 8.06. The van der Waals surface area contributed by atoms with Crippen LogP contribution >= 0.6 is 11.8 Å². The van der Waals surface area contributed by atoms with E-state index in [4.69, 9.17) is 0 Å². The minimum absolute atomic E-state index is 0.768. The summed E-state index contributed by atoms with van der Waals surface area (Å²) in [4.78, 5) is 1.46. The number of rotatable bonds is 5. The predicted molar refractivity (Wildman–Crippen MR) is 81.4 cm³/mol. The van der Waals surface area contributed by atoms with Crippen molar-refractivity contribution in [3.05, 3.63) is 29.3 Å². The highest BCUT2D eigenvalue weighted by molar-refractivity contribution is 7.99. The van der Waals surface area contributed by atoms with Gasteiger partial charge in [-0.25, -0.2) is 0 Å². The molecule has 0 aliphatic heterocycles. The highest BCUT2D eigenvalue weighted by atomic mass is 32.2. The van der Waals surface area contributed by atoms with Gasteiger partial charge >= 0.3 is 0 Å². The van der Waals surface area contributed by atoms with Crippen molar-refractivity contribution in [3.63, 3.8) is 0 Å². The Morgan fingerprint density at radius 1 is 1.28 bits per heavy atom. The van der Waals surface area contributed by atoms with E-state index in [-0.39, 0.29) is 0 Å². The molecule has 2 rings (SSSR count). The predicted octanol–water partition coefficient (Wildman–Crippen LogP) is 4.17. The monoisotopic (exact) mass is 263 g/mol. The van der Waals surface area contributed by atoms with E-state index in [0.717, 1.165) is 12.0 Å². The number of hydrogen-bond donors (Lipinski definition) is 1. The largest absolute Gasteiger partial charge is 0.317 e. The van der Waals surface area contributed by atoms with Crippen LogP contribution in [-0.2, 0) is 0 Å². The van der Waals surface area contributed by atoms with E-state index in [2.05, 4.69) is 44.4 Å². The number of thioether (sulfide) groups is 1. The van der Waals surface area contributed by atoms with E-state index in [1.54, 1.807) is 0 Å². The van der Waals surface area contributed by atoms with Gasteiger partial charge in [-0.2, -0.15) is 0 Å². The van der Waals surface area contributed by atoms with Crippen LogP contribution in [0.3, 0.4) is 0 Å². The lowest BCUT2D eigenvalue weighted by Gasteiger charge is -2.18. The molecule has 0 heterocycles. The van der Waals surface area contributed by atoms with Crippen LogP contribution in [0.25, 0.3) is 0 Å². The van der Waals surface area contributed by atoms with Crippen molar-refractivity contribution in [1.29, 1.82) is 0 Å². The van der Waals surface area contributed by atoms with Crippen molar-refractivity contribution >= 4 is 11.8 Å². The minimum atomic E-state index is 0.768. The van der Waals surface area contributed by atoms with Crippen LogP contribution in [0.5, 0.6) is 0 Å². The molecule has 1 aromatic carbocycles. The molecule has 1 N–H and O–H groups in total. The average molecular weight is 263 g/mol. The van der Waals surface area contributed by atoms with Crippen molar-refractivity contribution in [2.24, 2.45) is 5.92 Å². The summed E-state index contributed by atoms with van der Waals surface area (Å²) in [7, 11) is 2.11. The van der Waals surface area contributed by atoms with Gasteiger partial charge in [-0.3, -0.25) is 0 Å². The van der Waals surface area contributed by atoms with Gasteiger partial charge in [0.2, 0.25) is 0 Å². The smallest absolute Gasteiger partial charge is 0.0101 e. The fourth-order valence-corrected chi connectivity index (χ4v) is 4.14. The molecule has 1 aliphatic rings. The van der Waals surface area contributed by atoms with Crippen molar-refractivity contribution in [1.82, 2.24) is 5.32 Å². The average Bonchev–Trinajstić information content (AvgIpc) is 2.79. The van der Waals surface area contributed by atoms with Gasteiger partial charge < -0.3 is 5.32 Å². The number of aryl methyl sites for hydroxylation is 2. The van der Waals surface area contributed by atoms with Crippen molar-refractivity contribution in [2.75, 3.05) is 12.8 Å². The Kier molecular flexibility index (Phi) is 5.13. The van der Waals surface area contributed by atoms with E-state index in [1.807, 2.05) is 11.8 Å². The Bertz CT molecular complexity index is 389. The topological polar surface area (TPSA) is 12.0 Å². The first-order valence-electron chi connectivity index (χ1n) is 7.08. The SMILES string of the molecule is CNC1CCCC1CCSc1ccc(C)cc1C. The summed E-state index contributed by atoms with van der Waals surface area (Å²) in [6, 6.07) is 7.56. The van der Waals surface area contributed by atoms with Gasteiger partial charge in [0.05, 0.1) is 0 Å². The normalized spacial score (nSPS) is 23.5. The third-order valence-electron chi connectivity index (χ3n) is 4.11. The summed E-state index contributed by atoms with van der Waals surface area (Å²) in [5.74, 6) is 2.15. The lowest BCUT2D eigenvalue weighted by Crippen LogP contribution is -2.29. The molecule has 0 saturated heterocycles. The van der Waals surface area contributed by atoms with Crippen LogP contribution in [0.4, 0.5) is 0 Å². The molecule has 0 amide bonds. The lowest BCUT2D eigenvalue weighted by molar-refractivity contribution is 0.417. The van der Waals surface area contributed by atoms with Crippen LogP contribution in [-0.4, -0.2) is 18.8 Å². The Morgan fingerprint density at radius 3 is 2.83 bits per heavy atom. The molecule has 1 aromatic rings. The number of hydrogen-bond acceptors (Lipinski definition) is 2. The molecular weight excluding hydrogens is 238 g/mol. The molecular formula is C16H25NS. The summed E-state index contributed by atoms with van der Waals surface area (Å²) in [5, 5.41) is 3.47. The summed E-state index contributed by atoms with van der Waals surface area (Å²) in [6.45, 7) is 4.39. The van der Waals surface area contributed by atoms with Crippen molar-refractivity contribution in [2.45, 2.75) is 50.5 Å². The maximum Gasteiger partial charge on any atom is 0.0101 e. The fourth-order valence-electron chi connectivity index (χ4n) is 3.04. The molecule has 18 heavy (non-hydrogen) atoms. The third-order valence-corrected chi connectivity index (χ3v) is 5.32. The van der Waals surface area contributed by atoms with E-state index in [9.17, 15) is 0 Å². The van der Waals surface area contributed by atoms with E-state index < -0.39 is 0 Å². The van der Waals surface area contributed by atoms with Crippen LogP contribution in [0.1, 0.15) is 36.8 Å². The molecule has 1 fully saturated rings. The Morgan fingerprint density at radius 2 is 2.11 bits per heavy atom. The highest BCUT2D eigenvalue weighted by Gasteiger charge is 2.25. The van der Waals surface area contributed by atoms with Gasteiger partial charge in [0.25, 0.3) is 0 Å². The zero-order chi connectivity index (χ0) is 13.0. The second-order valence-electron chi connectivity index (χ2n) is 5.49. The third kappa shape index (κ3) is 3.52.